The molecule has 134 valence electrons. The van der Waals surface area contributed by atoms with Crippen LogP contribution in [0.2, 0.25) is 0 Å². The van der Waals surface area contributed by atoms with Crippen LogP contribution in [0, 0.1) is 10.1 Å². The van der Waals surface area contributed by atoms with Crippen LogP contribution >= 0.6 is 0 Å². The first-order chi connectivity index (χ1) is 12.6. The molecule has 1 heterocycles. The largest absolute Gasteiger partial charge is 0.493 e. The monoisotopic (exact) mass is 353 g/mol. The van der Waals surface area contributed by atoms with Gasteiger partial charge in [-0.15, -0.1) is 0 Å². The number of hydrogen-bond donors (Lipinski definition) is 2. The lowest BCUT2D eigenvalue weighted by Gasteiger charge is -2.06. The van der Waals surface area contributed by atoms with E-state index in [9.17, 15) is 14.9 Å². The van der Waals surface area contributed by atoms with Crippen molar-refractivity contribution in [3.05, 3.63) is 69.8 Å². The minimum absolute atomic E-state index is 0.0482. The number of nitrogens with one attached hydrogen (secondary N) is 2. The van der Waals surface area contributed by atoms with Crippen LogP contribution in [0.1, 0.15) is 11.1 Å². The second kappa shape index (κ2) is 8.15. The van der Waals surface area contributed by atoms with E-state index in [4.69, 9.17) is 4.74 Å². The summed E-state index contributed by atoms with van der Waals surface area (Å²) in [7, 11) is 0. The van der Waals surface area contributed by atoms with Gasteiger partial charge in [-0.3, -0.25) is 14.9 Å². The summed E-state index contributed by atoms with van der Waals surface area (Å²) >= 11 is 0. The quantitative estimate of drug-likeness (QED) is 0.345. The van der Waals surface area contributed by atoms with E-state index in [1.807, 2.05) is 18.2 Å². The molecule has 0 aromatic heterocycles. The van der Waals surface area contributed by atoms with Crippen molar-refractivity contribution >= 4 is 23.4 Å². The van der Waals surface area contributed by atoms with Crippen molar-refractivity contribution in [1.29, 1.82) is 0 Å². The summed E-state index contributed by atoms with van der Waals surface area (Å²) in [6, 6.07) is 12.0. The summed E-state index contributed by atoms with van der Waals surface area (Å²) in [6.07, 6.45) is 4.18. The van der Waals surface area contributed by atoms with E-state index in [-0.39, 0.29) is 11.6 Å². The lowest BCUT2D eigenvalue weighted by Crippen LogP contribution is -2.27. The number of nitro groups is 1. The number of benzene rings is 2. The molecule has 1 amide bonds. The molecule has 0 bridgehead atoms. The minimum Gasteiger partial charge on any atom is -0.493 e. The molecule has 26 heavy (non-hydrogen) atoms. The van der Waals surface area contributed by atoms with Crippen LogP contribution in [0.25, 0.3) is 6.08 Å². The van der Waals surface area contributed by atoms with Crippen molar-refractivity contribution in [3.8, 4) is 5.75 Å². The SMILES string of the molecule is O=C(/C=C/c1ccc2c(c1)CCO2)NCCNc1ccc([N+](=O)[O-])cc1. The number of hydrogen-bond acceptors (Lipinski definition) is 5. The zero-order valence-corrected chi connectivity index (χ0v) is 14.1. The van der Waals surface area contributed by atoms with Gasteiger partial charge in [0.1, 0.15) is 5.75 Å². The van der Waals surface area contributed by atoms with Gasteiger partial charge in [0, 0.05) is 43.4 Å². The molecule has 0 saturated heterocycles. The summed E-state index contributed by atoms with van der Waals surface area (Å²) in [5.41, 5.74) is 2.95. The van der Waals surface area contributed by atoms with Gasteiger partial charge in [0.2, 0.25) is 5.91 Å². The Balaban J connectivity index is 1.40. The number of nitrogens with zero attached hydrogens (tertiary/aromatic N) is 1. The third-order valence-electron chi connectivity index (χ3n) is 3.97. The average molecular weight is 353 g/mol. The third-order valence-corrected chi connectivity index (χ3v) is 3.97. The van der Waals surface area contributed by atoms with Gasteiger partial charge < -0.3 is 15.4 Å². The van der Waals surface area contributed by atoms with Gasteiger partial charge in [0.25, 0.3) is 5.69 Å². The highest BCUT2D eigenvalue weighted by Gasteiger charge is 2.11. The Kier molecular flexibility index (Phi) is 5.48. The molecule has 1 aliphatic rings. The number of nitro benzene ring substituents is 1. The molecule has 0 aliphatic carbocycles. The fraction of sp³-hybridized carbons (Fsp3) is 0.211. The second-order valence-electron chi connectivity index (χ2n) is 5.82. The fourth-order valence-electron chi connectivity index (χ4n) is 2.63. The molecule has 0 atom stereocenters. The molecule has 0 radical (unpaired) electrons. The van der Waals surface area contributed by atoms with E-state index < -0.39 is 4.92 Å². The first-order valence-corrected chi connectivity index (χ1v) is 8.32. The summed E-state index contributed by atoms with van der Waals surface area (Å²) in [5, 5.41) is 16.5. The van der Waals surface area contributed by atoms with Gasteiger partial charge in [-0.25, -0.2) is 0 Å². The summed E-state index contributed by atoms with van der Waals surface area (Å²) in [5.74, 6) is 0.746. The number of rotatable bonds is 7. The molecule has 0 fully saturated rings. The molecule has 2 aromatic carbocycles. The number of fused-ring (bicyclic) bond motifs is 1. The molecule has 0 unspecified atom stereocenters. The van der Waals surface area contributed by atoms with Crippen LogP contribution in [0.3, 0.4) is 0 Å². The lowest BCUT2D eigenvalue weighted by atomic mass is 10.1. The number of anilines is 1. The molecule has 7 nitrogen and oxygen atoms in total. The highest BCUT2D eigenvalue weighted by Crippen LogP contribution is 2.26. The number of non-ortho nitro benzene ring substituents is 1. The summed E-state index contributed by atoms with van der Waals surface area (Å²) in [6.45, 7) is 1.68. The molecule has 2 N–H and O–H groups in total. The number of ether oxygens (including phenoxy) is 1. The smallest absolute Gasteiger partial charge is 0.269 e. The highest BCUT2D eigenvalue weighted by molar-refractivity contribution is 5.91. The van der Waals surface area contributed by atoms with Crippen LogP contribution < -0.4 is 15.4 Å². The van der Waals surface area contributed by atoms with E-state index in [0.717, 1.165) is 23.4 Å². The topological polar surface area (TPSA) is 93.5 Å². The van der Waals surface area contributed by atoms with Crippen LogP contribution in [-0.2, 0) is 11.2 Å². The maximum absolute atomic E-state index is 11.9. The van der Waals surface area contributed by atoms with Crippen LogP contribution in [-0.4, -0.2) is 30.5 Å². The maximum atomic E-state index is 11.9. The van der Waals surface area contributed by atoms with Crippen molar-refractivity contribution in [3.63, 3.8) is 0 Å². The van der Waals surface area contributed by atoms with Gasteiger partial charge in [-0.2, -0.15) is 0 Å². The van der Waals surface area contributed by atoms with E-state index >= 15 is 0 Å². The zero-order valence-electron chi connectivity index (χ0n) is 14.1. The van der Waals surface area contributed by atoms with Crippen LogP contribution in [0.5, 0.6) is 5.75 Å². The van der Waals surface area contributed by atoms with Crippen molar-refractivity contribution in [1.82, 2.24) is 5.32 Å². The lowest BCUT2D eigenvalue weighted by molar-refractivity contribution is -0.384. The van der Waals surface area contributed by atoms with Crippen molar-refractivity contribution < 1.29 is 14.5 Å². The standard InChI is InChI=1S/C19H19N3O4/c23-19(8-2-14-1-7-18-15(13-14)9-12-26-18)21-11-10-20-16-3-5-17(6-4-16)22(24)25/h1-8,13,20H,9-12H2,(H,21,23)/b8-2+. The van der Waals surface area contributed by atoms with E-state index in [1.54, 1.807) is 18.2 Å². The summed E-state index contributed by atoms with van der Waals surface area (Å²) < 4.78 is 5.46. The molecule has 7 heteroatoms. The van der Waals surface area contributed by atoms with Gasteiger partial charge in [-0.1, -0.05) is 6.07 Å². The van der Waals surface area contributed by atoms with E-state index in [2.05, 4.69) is 10.6 Å². The molecular weight excluding hydrogens is 334 g/mol. The second-order valence-corrected chi connectivity index (χ2v) is 5.82. The predicted molar refractivity (Wildman–Crippen MR) is 99.3 cm³/mol. The first kappa shape index (κ1) is 17.5. The third kappa shape index (κ3) is 4.60. The fourth-order valence-corrected chi connectivity index (χ4v) is 2.63. The Morgan fingerprint density at radius 1 is 1.19 bits per heavy atom. The molecule has 2 aromatic rings. The normalized spacial score (nSPS) is 12.5. The van der Waals surface area contributed by atoms with Gasteiger partial charge in [0.15, 0.2) is 0 Å². The van der Waals surface area contributed by atoms with Crippen LogP contribution in [0.4, 0.5) is 11.4 Å². The molecular formula is C19H19N3O4. The van der Waals surface area contributed by atoms with Gasteiger partial charge >= 0.3 is 0 Å². The first-order valence-electron chi connectivity index (χ1n) is 8.32. The Hall–Kier alpha value is -3.35. The van der Waals surface area contributed by atoms with Crippen molar-refractivity contribution in [2.45, 2.75) is 6.42 Å². The average Bonchev–Trinajstić information content (AvgIpc) is 3.11. The van der Waals surface area contributed by atoms with E-state index in [0.29, 0.717) is 19.7 Å². The molecule has 0 spiro atoms. The number of carbonyl (C=O) groups is 1. The van der Waals surface area contributed by atoms with Gasteiger partial charge in [0.05, 0.1) is 11.5 Å². The molecule has 3 rings (SSSR count). The Bertz CT molecular complexity index is 831. The summed E-state index contributed by atoms with van der Waals surface area (Å²) in [4.78, 5) is 22.0. The zero-order chi connectivity index (χ0) is 18.4. The maximum Gasteiger partial charge on any atom is 0.269 e. The van der Waals surface area contributed by atoms with Crippen LogP contribution in [0.15, 0.2) is 48.5 Å². The Morgan fingerprint density at radius 3 is 2.77 bits per heavy atom. The Morgan fingerprint density at radius 2 is 2.00 bits per heavy atom. The molecule has 1 aliphatic heterocycles. The van der Waals surface area contributed by atoms with Gasteiger partial charge in [-0.05, 0) is 41.5 Å². The molecule has 0 saturated carbocycles. The minimum atomic E-state index is -0.440. The predicted octanol–water partition coefficient (Wildman–Crippen LogP) is 2.77. The van der Waals surface area contributed by atoms with Crippen molar-refractivity contribution in [2.24, 2.45) is 0 Å². The van der Waals surface area contributed by atoms with E-state index in [1.165, 1.54) is 23.8 Å². The number of carbonyl (C=O) groups excluding carboxylic acids is 1. The Labute approximate surface area is 150 Å². The highest BCUT2D eigenvalue weighted by atomic mass is 16.6. The van der Waals surface area contributed by atoms with Crippen molar-refractivity contribution in [2.75, 3.05) is 25.0 Å². The number of amides is 1.